The highest BCUT2D eigenvalue weighted by atomic mass is 35.5. The van der Waals surface area contributed by atoms with E-state index in [1.54, 1.807) is 36.4 Å². The minimum absolute atomic E-state index is 0.000171. The molecular weight excluding hydrogens is 495 g/mol. The summed E-state index contributed by atoms with van der Waals surface area (Å²) in [6.45, 7) is 0. The molecule has 4 rings (SSSR count). The van der Waals surface area contributed by atoms with Crippen LogP contribution in [0.5, 0.6) is 11.5 Å². The molecule has 2 N–H and O–H groups in total. The highest BCUT2D eigenvalue weighted by Gasteiger charge is 2.20. The number of benzene rings is 4. The predicted octanol–water partition coefficient (Wildman–Crippen LogP) is 6.84. The van der Waals surface area contributed by atoms with E-state index in [-0.39, 0.29) is 21.2 Å². The molecule has 6 nitrogen and oxygen atoms in total. The van der Waals surface area contributed by atoms with E-state index < -0.39 is 15.9 Å². The fraction of sp³-hybridized carbons (Fsp3) is 0. The number of amides is 1. The van der Waals surface area contributed by atoms with Gasteiger partial charge in [0, 0.05) is 10.0 Å². The van der Waals surface area contributed by atoms with Crippen molar-refractivity contribution < 1.29 is 17.9 Å². The van der Waals surface area contributed by atoms with Gasteiger partial charge in [-0.15, -0.1) is 0 Å². The monoisotopic (exact) mass is 512 g/mol. The van der Waals surface area contributed by atoms with Gasteiger partial charge in [0.15, 0.2) is 5.75 Å². The zero-order valence-corrected chi connectivity index (χ0v) is 19.9. The Kier molecular flexibility index (Phi) is 7.07. The van der Waals surface area contributed by atoms with Crippen LogP contribution in [0.4, 0.5) is 11.4 Å². The molecule has 0 aliphatic heterocycles. The topological polar surface area (TPSA) is 84.5 Å². The first kappa shape index (κ1) is 23.6. The van der Waals surface area contributed by atoms with Crippen LogP contribution in [0.1, 0.15) is 10.4 Å². The van der Waals surface area contributed by atoms with Gasteiger partial charge in [0.25, 0.3) is 15.9 Å². The number of rotatable bonds is 7. The molecule has 0 fully saturated rings. The van der Waals surface area contributed by atoms with Gasteiger partial charge in [-0.3, -0.25) is 9.52 Å². The zero-order chi connectivity index (χ0) is 24.1. The van der Waals surface area contributed by atoms with Crippen LogP contribution in [0.25, 0.3) is 0 Å². The average Bonchev–Trinajstić information content (AvgIpc) is 2.82. The summed E-state index contributed by atoms with van der Waals surface area (Å²) in [7, 11) is -3.98. The van der Waals surface area contributed by atoms with Crippen molar-refractivity contribution in [1.82, 2.24) is 0 Å². The van der Waals surface area contributed by atoms with Crippen LogP contribution in [0.3, 0.4) is 0 Å². The molecule has 0 bridgehead atoms. The minimum atomic E-state index is -3.98. The van der Waals surface area contributed by atoms with Crippen LogP contribution in [-0.2, 0) is 10.0 Å². The van der Waals surface area contributed by atoms with Gasteiger partial charge in [-0.25, -0.2) is 8.42 Å². The van der Waals surface area contributed by atoms with E-state index >= 15 is 0 Å². The van der Waals surface area contributed by atoms with Crippen molar-refractivity contribution in [3.8, 4) is 11.5 Å². The van der Waals surface area contributed by atoms with Gasteiger partial charge in [-0.2, -0.15) is 0 Å². The molecular formula is C25H18Cl2N2O4S. The van der Waals surface area contributed by atoms with Crippen LogP contribution in [0, 0.1) is 0 Å². The Hall–Kier alpha value is -3.52. The van der Waals surface area contributed by atoms with Crippen LogP contribution in [-0.4, -0.2) is 14.3 Å². The van der Waals surface area contributed by atoms with Gasteiger partial charge in [0.2, 0.25) is 0 Å². The summed E-state index contributed by atoms with van der Waals surface area (Å²) in [6.07, 6.45) is 0. The third-order valence-corrected chi connectivity index (χ3v) is 6.57. The Morgan fingerprint density at radius 2 is 1.38 bits per heavy atom. The molecule has 0 aromatic heterocycles. The fourth-order valence-corrected chi connectivity index (χ4v) is 4.45. The molecule has 172 valence electrons. The highest BCUT2D eigenvalue weighted by molar-refractivity contribution is 7.92. The van der Waals surface area contributed by atoms with Gasteiger partial charge < -0.3 is 10.1 Å². The molecule has 4 aromatic rings. The van der Waals surface area contributed by atoms with Crippen molar-refractivity contribution in [2.24, 2.45) is 0 Å². The normalized spacial score (nSPS) is 11.0. The lowest BCUT2D eigenvalue weighted by atomic mass is 10.1. The zero-order valence-electron chi connectivity index (χ0n) is 17.5. The van der Waals surface area contributed by atoms with E-state index in [1.807, 2.05) is 18.2 Å². The van der Waals surface area contributed by atoms with E-state index in [2.05, 4.69) is 10.0 Å². The van der Waals surface area contributed by atoms with Crippen molar-refractivity contribution >= 4 is 50.5 Å². The van der Waals surface area contributed by atoms with Crippen molar-refractivity contribution in [2.45, 2.75) is 4.90 Å². The summed E-state index contributed by atoms with van der Waals surface area (Å²) >= 11 is 12.0. The Morgan fingerprint density at radius 1 is 0.735 bits per heavy atom. The lowest BCUT2D eigenvalue weighted by molar-refractivity contribution is 0.102. The van der Waals surface area contributed by atoms with Crippen molar-refractivity contribution in [2.75, 3.05) is 10.0 Å². The number of hydrogen-bond donors (Lipinski definition) is 2. The largest absolute Gasteiger partial charge is 0.455 e. The Labute approximate surface area is 207 Å². The number of halogens is 2. The first-order valence-electron chi connectivity index (χ1n) is 10.0. The molecule has 0 unspecified atom stereocenters. The van der Waals surface area contributed by atoms with E-state index in [4.69, 9.17) is 27.9 Å². The molecule has 0 aliphatic rings. The SMILES string of the molecule is O=C(Nc1ccccc1Oc1ccccc1)c1cc(Cl)ccc1NS(=O)(=O)c1ccc(Cl)cc1. The molecule has 4 aromatic carbocycles. The van der Waals surface area contributed by atoms with Crippen LogP contribution in [0.15, 0.2) is 102 Å². The second-order valence-corrected chi connectivity index (χ2v) is 9.67. The molecule has 0 saturated carbocycles. The maximum absolute atomic E-state index is 13.2. The average molecular weight is 513 g/mol. The molecule has 0 spiro atoms. The van der Waals surface area contributed by atoms with Crippen molar-refractivity contribution in [3.63, 3.8) is 0 Å². The second kappa shape index (κ2) is 10.2. The fourth-order valence-electron chi connectivity index (χ4n) is 3.07. The Balaban J connectivity index is 1.61. The van der Waals surface area contributed by atoms with Gasteiger partial charge in [-0.1, -0.05) is 53.5 Å². The van der Waals surface area contributed by atoms with Crippen LogP contribution < -0.4 is 14.8 Å². The summed E-state index contributed by atoms with van der Waals surface area (Å²) in [4.78, 5) is 13.2. The van der Waals surface area contributed by atoms with Crippen LogP contribution >= 0.6 is 23.2 Å². The number of anilines is 2. The highest BCUT2D eigenvalue weighted by Crippen LogP contribution is 2.31. The lowest BCUT2D eigenvalue weighted by Crippen LogP contribution is -2.19. The first-order valence-corrected chi connectivity index (χ1v) is 12.3. The van der Waals surface area contributed by atoms with E-state index in [0.717, 1.165) is 0 Å². The van der Waals surface area contributed by atoms with Gasteiger partial charge in [0.05, 0.1) is 21.8 Å². The number of carbonyl (C=O) groups is 1. The second-order valence-electron chi connectivity index (χ2n) is 7.11. The van der Waals surface area contributed by atoms with Crippen molar-refractivity contribution in [1.29, 1.82) is 0 Å². The maximum Gasteiger partial charge on any atom is 0.261 e. The molecule has 0 radical (unpaired) electrons. The van der Waals surface area contributed by atoms with Gasteiger partial charge in [-0.05, 0) is 66.7 Å². The van der Waals surface area contributed by atoms with E-state index in [0.29, 0.717) is 22.2 Å². The van der Waals surface area contributed by atoms with Crippen LogP contribution in [0.2, 0.25) is 10.0 Å². The van der Waals surface area contributed by atoms with E-state index in [9.17, 15) is 13.2 Å². The van der Waals surface area contributed by atoms with Crippen molar-refractivity contribution in [3.05, 3.63) is 113 Å². The maximum atomic E-state index is 13.2. The predicted molar refractivity (Wildman–Crippen MR) is 135 cm³/mol. The number of para-hydroxylation sites is 3. The number of nitrogens with one attached hydrogen (secondary N) is 2. The number of carbonyl (C=O) groups excluding carboxylic acids is 1. The summed E-state index contributed by atoms with van der Waals surface area (Å²) in [5.74, 6) is 0.455. The number of hydrogen-bond acceptors (Lipinski definition) is 4. The lowest BCUT2D eigenvalue weighted by Gasteiger charge is -2.15. The summed E-state index contributed by atoms with van der Waals surface area (Å²) in [5, 5.41) is 3.45. The third-order valence-electron chi connectivity index (χ3n) is 4.70. The summed E-state index contributed by atoms with van der Waals surface area (Å²) in [5.41, 5.74) is 0.515. The van der Waals surface area contributed by atoms with Gasteiger partial charge >= 0.3 is 0 Å². The van der Waals surface area contributed by atoms with E-state index in [1.165, 1.54) is 42.5 Å². The molecule has 9 heteroatoms. The van der Waals surface area contributed by atoms with Gasteiger partial charge in [0.1, 0.15) is 5.75 Å². The standard InChI is InChI=1S/C25H18Cl2N2O4S/c26-17-10-13-20(14-11-17)34(31,32)29-22-15-12-18(27)16-21(22)25(30)28-23-8-4-5-9-24(23)33-19-6-2-1-3-7-19/h1-16,29H,(H,28,30). The smallest absolute Gasteiger partial charge is 0.261 e. The molecule has 0 aliphatic carbocycles. The first-order chi connectivity index (χ1) is 16.3. The molecule has 1 amide bonds. The Bertz CT molecular complexity index is 1430. The number of ether oxygens (including phenoxy) is 1. The molecule has 0 atom stereocenters. The molecule has 34 heavy (non-hydrogen) atoms. The minimum Gasteiger partial charge on any atom is -0.455 e. The quantitative estimate of drug-likeness (QED) is 0.284. The summed E-state index contributed by atoms with van der Waals surface area (Å²) in [6, 6.07) is 26.0. The molecule has 0 saturated heterocycles. The summed E-state index contributed by atoms with van der Waals surface area (Å²) < 4.78 is 34.0. The Morgan fingerprint density at radius 3 is 2.12 bits per heavy atom. The number of sulfonamides is 1. The third kappa shape index (κ3) is 5.69. The molecule has 0 heterocycles.